The SMILES string of the molecule is CCCCc1nnc(NC(=O)C23CCC(=O)N2c2ccccc2C(=O)N3C)s1. The molecule has 0 spiro atoms. The van der Waals surface area contributed by atoms with Gasteiger partial charge in [-0.2, -0.15) is 0 Å². The summed E-state index contributed by atoms with van der Waals surface area (Å²) in [7, 11) is 1.57. The number of nitrogens with one attached hydrogen (secondary N) is 1. The van der Waals surface area contributed by atoms with E-state index in [2.05, 4.69) is 22.4 Å². The number of fused-ring (bicyclic) bond motifs is 3. The Balaban J connectivity index is 1.68. The number of aromatic nitrogens is 2. The second-order valence-electron chi connectivity index (χ2n) is 6.99. The summed E-state index contributed by atoms with van der Waals surface area (Å²) in [4.78, 5) is 41.8. The average Bonchev–Trinajstić information content (AvgIpc) is 3.29. The molecule has 2 aliphatic rings. The molecule has 0 aliphatic carbocycles. The average molecular weight is 399 g/mol. The minimum Gasteiger partial charge on any atom is -0.310 e. The van der Waals surface area contributed by atoms with Crippen LogP contribution in [-0.2, 0) is 16.0 Å². The lowest BCUT2D eigenvalue weighted by Crippen LogP contribution is -2.68. The van der Waals surface area contributed by atoms with Gasteiger partial charge in [0, 0.05) is 26.3 Å². The Bertz CT molecular complexity index is 959. The zero-order valence-electron chi connectivity index (χ0n) is 15.8. The number of carbonyl (C=O) groups excluding carboxylic acids is 3. The van der Waals surface area contributed by atoms with Crippen LogP contribution in [0.4, 0.5) is 10.8 Å². The zero-order valence-corrected chi connectivity index (χ0v) is 16.6. The highest BCUT2D eigenvalue weighted by Gasteiger charge is 2.59. The van der Waals surface area contributed by atoms with E-state index in [4.69, 9.17) is 0 Å². The van der Waals surface area contributed by atoms with E-state index in [9.17, 15) is 14.4 Å². The second kappa shape index (κ2) is 6.97. The highest BCUT2D eigenvalue weighted by Crippen LogP contribution is 2.44. The van der Waals surface area contributed by atoms with Crippen LogP contribution in [0.1, 0.15) is 48.0 Å². The van der Waals surface area contributed by atoms with Crippen LogP contribution >= 0.6 is 11.3 Å². The predicted octanol–water partition coefficient (Wildman–Crippen LogP) is 2.43. The van der Waals surface area contributed by atoms with E-state index in [-0.39, 0.29) is 24.7 Å². The summed E-state index contributed by atoms with van der Waals surface area (Å²) in [5.74, 6) is -0.901. The maximum Gasteiger partial charge on any atom is 0.273 e. The first-order valence-corrected chi connectivity index (χ1v) is 10.1. The van der Waals surface area contributed by atoms with Crippen molar-refractivity contribution in [1.29, 1.82) is 0 Å². The van der Waals surface area contributed by atoms with Gasteiger partial charge in [-0.25, -0.2) is 0 Å². The number of aryl methyl sites for hydroxylation is 1. The molecule has 28 heavy (non-hydrogen) atoms. The Labute approximate surface area is 166 Å². The van der Waals surface area contributed by atoms with E-state index in [0.717, 1.165) is 24.3 Å². The summed E-state index contributed by atoms with van der Waals surface area (Å²) in [5.41, 5.74) is -0.497. The lowest BCUT2D eigenvalue weighted by molar-refractivity contribution is -0.128. The third-order valence-corrected chi connectivity index (χ3v) is 6.24. The number of rotatable bonds is 5. The molecule has 1 N–H and O–H groups in total. The molecule has 1 aromatic heterocycles. The van der Waals surface area contributed by atoms with Gasteiger partial charge in [0.05, 0.1) is 11.3 Å². The number of hydrogen-bond acceptors (Lipinski definition) is 6. The van der Waals surface area contributed by atoms with Crippen LogP contribution < -0.4 is 10.2 Å². The second-order valence-corrected chi connectivity index (χ2v) is 8.05. The van der Waals surface area contributed by atoms with Crippen molar-refractivity contribution in [3.05, 3.63) is 34.8 Å². The van der Waals surface area contributed by atoms with Crippen molar-refractivity contribution < 1.29 is 14.4 Å². The van der Waals surface area contributed by atoms with Crippen LogP contribution in [0, 0.1) is 0 Å². The van der Waals surface area contributed by atoms with Gasteiger partial charge in [-0.05, 0) is 18.6 Å². The van der Waals surface area contributed by atoms with Gasteiger partial charge < -0.3 is 4.90 Å². The van der Waals surface area contributed by atoms with Crippen LogP contribution in [0.5, 0.6) is 0 Å². The number of para-hydroxylation sites is 1. The molecule has 0 saturated carbocycles. The molecule has 8 nitrogen and oxygen atoms in total. The zero-order chi connectivity index (χ0) is 19.9. The Morgan fingerprint density at radius 2 is 2.07 bits per heavy atom. The predicted molar refractivity (Wildman–Crippen MR) is 105 cm³/mol. The van der Waals surface area contributed by atoms with Crippen molar-refractivity contribution in [2.75, 3.05) is 17.3 Å². The lowest BCUT2D eigenvalue weighted by Gasteiger charge is -2.47. The highest BCUT2D eigenvalue weighted by atomic mass is 32.1. The molecule has 0 radical (unpaired) electrons. The molecule has 1 fully saturated rings. The molecule has 1 saturated heterocycles. The van der Waals surface area contributed by atoms with E-state index >= 15 is 0 Å². The number of hydrogen-bond donors (Lipinski definition) is 1. The van der Waals surface area contributed by atoms with Crippen LogP contribution in [0.3, 0.4) is 0 Å². The van der Waals surface area contributed by atoms with Crippen LogP contribution in [0.2, 0.25) is 0 Å². The topological polar surface area (TPSA) is 95.5 Å². The number of carbonyl (C=O) groups is 3. The largest absolute Gasteiger partial charge is 0.310 e. The first kappa shape index (κ1) is 18.5. The maximum absolute atomic E-state index is 13.3. The number of anilines is 2. The fourth-order valence-electron chi connectivity index (χ4n) is 3.86. The van der Waals surface area contributed by atoms with Crippen LogP contribution in [0.25, 0.3) is 0 Å². The third-order valence-electron chi connectivity index (χ3n) is 5.34. The molecule has 2 aromatic rings. The molecule has 3 heterocycles. The van der Waals surface area contributed by atoms with Crippen molar-refractivity contribution in [3.8, 4) is 0 Å². The summed E-state index contributed by atoms with van der Waals surface area (Å²) in [6.07, 6.45) is 3.29. The van der Waals surface area contributed by atoms with Gasteiger partial charge in [-0.3, -0.25) is 24.6 Å². The molecule has 1 atom stereocenters. The van der Waals surface area contributed by atoms with Crippen LogP contribution in [0.15, 0.2) is 24.3 Å². The minimum absolute atomic E-state index is 0.178. The van der Waals surface area contributed by atoms with Crippen molar-refractivity contribution >= 4 is 39.9 Å². The smallest absolute Gasteiger partial charge is 0.273 e. The fourth-order valence-corrected chi connectivity index (χ4v) is 4.63. The fraction of sp³-hybridized carbons (Fsp3) is 0.421. The van der Waals surface area contributed by atoms with Crippen molar-refractivity contribution in [1.82, 2.24) is 15.1 Å². The lowest BCUT2D eigenvalue weighted by atomic mass is 9.96. The Kier molecular flexibility index (Phi) is 4.62. The highest BCUT2D eigenvalue weighted by molar-refractivity contribution is 7.15. The summed E-state index contributed by atoms with van der Waals surface area (Å²) >= 11 is 1.32. The number of nitrogens with zero attached hydrogens (tertiary/aromatic N) is 4. The van der Waals surface area contributed by atoms with E-state index in [1.165, 1.54) is 21.1 Å². The quantitative estimate of drug-likeness (QED) is 0.833. The van der Waals surface area contributed by atoms with Gasteiger partial charge in [0.2, 0.25) is 16.7 Å². The molecule has 2 aliphatic heterocycles. The van der Waals surface area contributed by atoms with E-state index in [1.54, 1.807) is 31.3 Å². The number of amides is 3. The monoisotopic (exact) mass is 399 g/mol. The van der Waals surface area contributed by atoms with E-state index < -0.39 is 11.6 Å². The van der Waals surface area contributed by atoms with Gasteiger partial charge in [0.25, 0.3) is 11.8 Å². The minimum atomic E-state index is -1.39. The summed E-state index contributed by atoms with van der Waals surface area (Å²) < 4.78 is 0. The summed E-state index contributed by atoms with van der Waals surface area (Å²) in [6, 6.07) is 6.89. The van der Waals surface area contributed by atoms with Gasteiger partial charge in [-0.1, -0.05) is 36.8 Å². The van der Waals surface area contributed by atoms with Gasteiger partial charge in [0.1, 0.15) is 5.01 Å². The molecule has 1 aromatic carbocycles. The molecule has 9 heteroatoms. The molecule has 0 bridgehead atoms. The van der Waals surface area contributed by atoms with Crippen LogP contribution in [-0.4, -0.2) is 45.5 Å². The molecule has 4 rings (SSSR count). The molecular formula is C19H21N5O3S. The van der Waals surface area contributed by atoms with Crippen molar-refractivity contribution in [3.63, 3.8) is 0 Å². The van der Waals surface area contributed by atoms with Crippen molar-refractivity contribution in [2.45, 2.75) is 44.7 Å². The molecule has 146 valence electrons. The van der Waals surface area contributed by atoms with Crippen molar-refractivity contribution in [2.24, 2.45) is 0 Å². The molecular weight excluding hydrogens is 378 g/mol. The number of likely N-dealkylation sites (N-methyl/N-ethyl adjacent to an activating group) is 1. The summed E-state index contributed by atoms with van der Waals surface area (Å²) in [6.45, 7) is 2.10. The van der Waals surface area contributed by atoms with Gasteiger partial charge in [-0.15, -0.1) is 10.2 Å². The number of unbranched alkanes of at least 4 members (excludes halogenated alkanes) is 1. The first-order valence-electron chi connectivity index (χ1n) is 9.33. The Morgan fingerprint density at radius 3 is 2.86 bits per heavy atom. The third kappa shape index (κ3) is 2.69. The Hall–Kier alpha value is -2.81. The van der Waals surface area contributed by atoms with Gasteiger partial charge in [0.15, 0.2) is 0 Å². The summed E-state index contributed by atoms with van der Waals surface area (Å²) in [5, 5.41) is 12.2. The Morgan fingerprint density at radius 1 is 1.29 bits per heavy atom. The molecule has 3 amide bonds. The normalized spacial score (nSPS) is 20.9. The standard InChI is InChI=1S/C19H21N5O3S/c1-3-4-9-14-21-22-18(28-14)20-17(27)19-11-10-15(25)24(19)13-8-6-5-7-12(13)16(26)23(19)2/h5-8H,3-4,9-11H2,1-2H3,(H,20,22,27). The number of benzene rings is 1. The van der Waals surface area contributed by atoms with E-state index in [1.807, 2.05) is 0 Å². The maximum atomic E-state index is 13.3. The molecule has 1 unspecified atom stereocenters. The van der Waals surface area contributed by atoms with Gasteiger partial charge >= 0.3 is 0 Å². The first-order chi connectivity index (χ1) is 13.5. The van der Waals surface area contributed by atoms with E-state index in [0.29, 0.717) is 16.4 Å².